The second-order valence-corrected chi connectivity index (χ2v) is 4.82. The van der Waals surface area contributed by atoms with Crippen molar-refractivity contribution in [3.63, 3.8) is 0 Å². The van der Waals surface area contributed by atoms with Gasteiger partial charge in [-0.05, 0) is 43.5 Å². The van der Waals surface area contributed by atoms with Crippen LogP contribution in [0, 0.1) is 5.82 Å². The quantitative estimate of drug-likeness (QED) is 0.867. The van der Waals surface area contributed by atoms with E-state index >= 15 is 0 Å². The standard InChI is InChI=1S/C14H14FN3O/c15-9-6-4-8(5-7-9)12-10-2-1-3-11(14(16)19)13(10)18-17-12/h4-7,11H,1-3H2,(H2,16,19)(H,17,18). The van der Waals surface area contributed by atoms with Crippen LogP contribution in [0.3, 0.4) is 0 Å². The summed E-state index contributed by atoms with van der Waals surface area (Å²) >= 11 is 0. The second kappa shape index (κ2) is 4.50. The highest BCUT2D eigenvalue weighted by Gasteiger charge is 2.29. The lowest BCUT2D eigenvalue weighted by molar-refractivity contribution is -0.119. The van der Waals surface area contributed by atoms with Crippen LogP contribution in [0.2, 0.25) is 0 Å². The van der Waals surface area contributed by atoms with Gasteiger partial charge in [-0.15, -0.1) is 0 Å². The van der Waals surface area contributed by atoms with Crippen molar-refractivity contribution in [1.82, 2.24) is 10.2 Å². The molecule has 1 aliphatic rings. The van der Waals surface area contributed by atoms with Crippen LogP contribution in [-0.4, -0.2) is 16.1 Å². The molecular formula is C14H14FN3O. The summed E-state index contributed by atoms with van der Waals surface area (Å²) in [6, 6.07) is 6.20. The smallest absolute Gasteiger partial charge is 0.226 e. The Kier molecular flexibility index (Phi) is 2.81. The maximum atomic E-state index is 12.9. The minimum absolute atomic E-state index is 0.275. The van der Waals surface area contributed by atoms with E-state index in [9.17, 15) is 9.18 Å². The van der Waals surface area contributed by atoms with Crippen LogP contribution in [0.5, 0.6) is 0 Å². The monoisotopic (exact) mass is 259 g/mol. The lowest BCUT2D eigenvalue weighted by Crippen LogP contribution is -2.25. The van der Waals surface area contributed by atoms with Gasteiger partial charge in [-0.3, -0.25) is 9.89 Å². The maximum Gasteiger partial charge on any atom is 0.226 e. The molecule has 1 aromatic heterocycles. The van der Waals surface area contributed by atoms with E-state index in [1.54, 1.807) is 12.1 Å². The van der Waals surface area contributed by atoms with Gasteiger partial charge in [0.15, 0.2) is 0 Å². The Morgan fingerprint density at radius 3 is 2.79 bits per heavy atom. The van der Waals surface area contributed by atoms with Crippen molar-refractivity contribution in [2.24, 2.45) is 5.73 Å². The number of fused-ring (bicyclic) bond motifs is 1. The molecule has 0 radical (unpaired) electrons. The Morgan fingerprint density at radius 2 is 2.11 bits per heavy atom. The Bertz CT molecular complexity index is 618. The van der Waals surface area contributed by atoms with Crippen molar-refractivity contribution < 1.29 is 9.18 Å². The molecule has 0 saturated heterocycles. The van der Waals surface area contributed by atoms with Crippen molar-refractivity contribution >= 4 is 5.91 Å². The topological polar surface area (TPSA) is 71.8 Å². The van der Waals surface area contributed by atoms with E-state index in [1.807, 2.05) is 0 Å². The first-order valence-electron chi connectivity index (χ1n) is 6.29. The number of hydrogen-bond acceptors (Lipinski definition) is 2. The Labute approximate surface area is 109 Å². The minimum Gasteiger partial charge on any atom is -0.369 e. The summed E-state index contributed by atoms with van der Waals surface area (Å²) in [6.45, 7) is 0. The van der Waals surface area contributed by atoms with Crippen molar-refractivity contribution in [2.75, 3.05) is 0 Å². The predicted molar refractivity (Wildman–Crippen MR) is 68.9 cm³/mol. The SMILES string of the molecule is NC(=O)C1CCCc2c(-c3ccc(F)cc3)n[nH]c21. The van der Waals surface area contributed by atoms with Crippen molar-refractivity contribution in [3.05, 3.63) is 41.3 Å². The van der Waals surface area contributed by atoms with Gasteiger partial charge in [-0.2, -0.15) is 5.10 Å². The van der Waals surface area contributed by atoms with Gasteiger partial charge in [0.05, 0.1) is 17.3 Å². The molecule has 1 unspecified atom stereocenters. The first-order valence-corrected chi connectivity index (χ1v) is 6.29. The van der Waals surface area contributed by atoms with E-state index in [1.165, 1.54) is 12.1 Å². The van der Waals surface area contributed by atoms with Crippen LogP contribution in [0.4, 0.5) is 4.39 Å². The van der Waals surface area contributed by atoms with Gasteiger partial charge >= 0.3 is 0 Å². The number of H-pyrrole nitrogens is 1. The average Bonchev–Trinajstić information content (AvgIpc) is 2.83. The predicted octanol–water partition coefficient (Wildman–Crippen LogP) is 2.12. The Balaban J connectivity index is 2.05. The number of rotatable bonds is 2. The minimum atomic E-state index is -0.324. The summed E-state index contributed by atoms with van der Waals surface area (Å²) in [5, 5.41) is 7.20. The fourth-order valence-corrected chi connectivity index (χ4v) is 2.68. The number of carbonyl (C=O) groups is 1. The van der Waals surface area contributed by atoms with Crippen LogP contribution in [0.15, 0.2) is 24.3 Å². The molecule has 0 aliphatic heterocycles. The number of aromatic nitrogens is 2. The summed E-state index contributed by atoms with van der Waals surface area (Å²) in [5.74, 6) is -0.885. The molecule has 0 saturated carbocycles. The maximum absolute atomic E-state index is 12.9. The van der Waals surface area contributed by atoms with Crippen LogP contribution < -0.4 is 5.73 Å². The lowest BCUT2D eigenvalue weighted by Gasteiger charge is -2.19. The molecule has 0 spiro atoms. The van der Waals surface area contributed by atoms with Gasteiger partial charge in [-0.1, -0.05) is 0 Å². The first kappa shape index (κ1) is 11.9. The number of hydrogen-bond donors (Lipinski definition) is 2. The van der Waals surface area contributed by atoms with E-state index in [0.29, 0.717) is 0 Å². The number of primary amides is 1. The second-order valence-electron chi connectivity index (χ2n) is 4.82. The number of benzene rings is 1. The first-order chi connectivity index (χ1) is 9.16. The Hall–Kier alpha value is -2.17. The van der Waals surface area contributed by atoms with E-state index in [2.05, 4.69) is 10.2 Å². The fourth-order valence-electron chi connectivity index (χ4n) is 2.68. The molecule has 1 heterocycles. The van der Waals surface area contributed by atoms with Crippen LogP contribution in [0.25, 0.3) is 11.3 Å². The zero-order valence-electron chi connectivity index (χ0n) is 10.3. The molecule has 1 atom stereocenters. The molecule has 3 N–H and O–H groups in total. The third kappa shape index (κ3) is 2.01. The van der Waals surface area contributed by atoms with Gasteiger partial charge in [-0.25, -0.2) is 4.39 Å². The molecule has 1 aliphatic carbocycles. The highest BCUT2D eigenvalue weighted by molar-refractivity contribution is 5.83. The molecule has 2 aromatic rings. The molecule has 1 amide bonds. The largest absolute Gasteiger partial charge is 0.369 e. The zero-order chi connectivity index (χ0) is 13.4. The number of amides is 1. The van der Waals surface area contributed by atoms with Crippen LogP contribution in [0.1, 0.15) is 30.0 Å². The van der Waals surface area contributed by atoms with Crippen molar-refractivity contribution in [2.45, 2.75) is 25.2 Å². The van der Waals surface area contributed by atoms with Gasteiger partial charge in [0.25, 0.3) is 0 Å². The molecular weight excluding hydrogens is 245 g/mol. The van der Waals surface area contributed by atoms with Gasteiger partial charge in [0, 0.05) is 11.1 Å². The van der Waals surface area contributed by atoms with E-state index in [-0.39, 0.29) is 17.6 Å². The molecule has 3 rings (SSSR count). The fraction of sp³-hybridized carbons (Fsp3) is 0.286. The van der Waals surface area contributed by atoms with Gasteiger partial charge < -0.3 is 5.73 Å². The number of halogens is 1. The zero-order valence-corrected chi connectivity index (χ0v) is 10.3. The number of nitrogens with two attached hydrogens (primary N) is 1. The summed E-state index contributed by atoms with van der Waals surface area (Å²) < 4.78 is 12.9. The van der Waals surface area contributed by atoms with E-state index in [4.69, 9.17) is 5.73 Å². The molecule has 1 aromatic carbocycles. The molecule has 0 bridgehead atoms. The summed E-state index contributed by atoms with van der Waals surface area (Å²) in [7, 11) is 0. The Morgan fingerprint density at radius 1 is 1.37 bits per heavy atom. The van der Waals surface area contributed by atoms with Crippen molar-refractivity contribution in [3.8, 4) is 11.3 Å². The highest BCUT2D eigenvalue weighted by atomic mass is 19.1. The third-order valence-electron chi connectivity index (χ3n) is 3.63. The molecule has 0 fully saturated rings. The number of carbonyl (C=O) groups excluding carboxylic acids is 1. The molecule has 98 valence electrons. The average molecular weight is 259 g/mol. The van der Waals surface area contributed by atoms with Crippen molar-refractivity contribution in [1.29, 1.82) is 0 Å². The summed E-state index contributed by atoms with van der Waals surface area (Å²) in [4.78, 5) is 11.4. The van der Waals surface area contributed by atoms with Crippen LogP contribution in [-0.2, 0) is 11.2 Å². The number of nitrogens with zero attached hydrogens (tertiary/aromatic N) is 1. The number of nitrogens with one attached hydrogen (secondary N) is 1. The molecule has 19 heavy (non-hydrogen) atoms. The number of aromatic amines is 1. The molecule has 4 nitrogen and oxygen atoms in total. The highest BCUT2D eigenvalue weighted by Crippen LogP contribution is 2.35. The van der Waals surface area contributed by atoms with Crippen LogP contribution >= 0.6 is 0 Å². The third-order valence-corrected chi connectivity index (χ3v) is 3.63. The van der Waals surface area contributed by atoms with Gasteiger partial charge in [0.2, 0.25) is 5.91 Å². The van der Waals surface area contributed by atoms with Gasteiger partial charge in [0.1, 0.15) is 5.82 Å². The normalized spacial score (nSPS) is 18.1. The molecule has 5 heteroatoms. The summed E-state index contributed by atoms with van der Waals surface area (Å²) in [5.41, 5.74) is 8.90. The van der Waals surface area contributed by atoms with E-state index in [0.717, 1.165) is 41.8 Å². The summed E-state index contributed by atoms with van der Waals surface area (Å²) in [6.07, 6.45) is 2.53. The lowest BCUT2D eigenvalue weighted by atomic mass is 9.85. The van der Waals surface area contributed by atoms with E-state index < -0.39 is 0 Å².